The summed E-state index contributed by atoms with van der Waals surface area (Å²) < 4.78 is 36.6. The topological polar surface area (TPSA) is 35.6 Å². The van der Waals surface area contributed by atoms with Crippen molar-refractivity contribution in [3.05, 3.63) is 0 Å². The summed E-state index contributed by atoms with van der Waals surface area (Å²) in [5, 5.41) is 3.13. The van der Waals surface area contributed by atoms with Crippen molar-refractivity contribution < 1.29 is 18.0 Å². The van der Waals surface area contributed by atoms with Gasteiger partial charge in [0.1, 0.15) is 0 Å². The quantitative estimate of drug-likeness (QED) is 0.821. The van der Waals surface area contributed by atoms with Gasteiger partial charge < -0.3 is 10.2 Å². The van der Waals surface area contributed by atoms with E-state index >= 15 is 0 Å². The second kappa shape index (κ2) is 8.26. The van der Waals surface area contributed by atoms with Crippen LogP contribution in [0.15, 0.2) is 0 Å². The fraction of sp³-hybridized carbons (Fsp3) is 0.909. The summed E-state index contributed by atoms with van der Waals surface area (Å²) in [4.78, 5) is 15.1. The molecule has 0 bridgehead atoms. The fourth-order valence-electron chi connectivity index (χ4n) is 2.50. The summed E-state index contributed by atoms with van der Waals surface area (Å²) >= 11 is 0. The highest BCUT2D eigenvalue weighted by Gasteiger charge is 2.34. The Hall–Kier alpha value is -0.240. The number of piperazine rings is 1. The smallest absolute Gasteiger partial charge is 0.340 e. The molecule has 0 saturated carbocycles. The molecular weight excluding hydrogens is 318 g/mol. The average Bonchev–Trinajstić information content (AvgIpc) is 2.80. The third-order valence-electron chi connectivity index (χ3n) is 3.50. The Balaban J connectivity index is 0.00000180. The molecule has 1 amide bonds. The summed E-state index contributed by atoms with van der Waals surface area (Å²) in [7, 11) is 0. The van der Waals surface area contributed by atoms with Gasteiger partial charge in [0, 0.05) is 32.7 Å². The first-order valence-electron chi connectivity index (χ1n) is 6.24. The van der Waals surface area contributed by atoms with Crippen molar-refractivity contribution in [1.82, 2.24) is 15.1 Å². The SMILES string of the molecule is Cl.Cl.O=C(C1CCNC1)N1CCN(CC(F)(F)F)CC1. The molecule has 2 aliphatic rings. The first kappa shape index (κ1) is 19.8. The minimum Gasteiger partial charge on any atom is -0.340 e. The molecule has 0 aromatic heterocycles. The number of hydrogen-bond acceptors (Lipinski definition) is 3. The van der Waals surface area contributed by atoms with Crippen molar-refractivity contribution in [3.8, 4) is 0 Å². The van der Waals surface area contributed by atoms with Crippen molar-refractivity contribution in [2.45, 2.75) is 12.6 Å². The van der Waals surface area contributed by atoms with Crippen LogP contribution in [0, 0.1) is 5.92 Å². The standard InChI is InChI=1S/C11H18F3N3O.2ClH/c12-11(13,14)8-16-3-5-17(6-4-16)10(18)9-1-2-15-7-9;;/h9,15H,1-8H2;2*1H. The van der Waals surface area contributed by atoms with Crippen LogP contribution < -0.4 is 5.32 Å². The highest BCUT2D eigenvalue weighted by atomic mass is 35.5. The van der Waals surface area contributed by atoms with Crippen molar-refractivity contribution in [2.75, 3.05) is 45.8 Å². The Morgan fingerprint density at radius 2 is 1.75 bits per heavy atom. The van der Waals surface area contributed by atoms with Crippen LogP contribution in [-0.2, 0) is 4.79 Å². The van der Waals surface area contributed by atoms with Gasteiger partial charge >= 0.3 is 6.18 Å². The predicted molar refractivity (Wildman–Crippen MR) is 74.5 cm³/mol. The van der Waals surface area contributed by atoms with E-state index in [2.05, 4.69) is 5.32 Å². The predicted octanol–water partition coefficient (Wildman–Crippen LogP) is 1.15. The first-order valence-corrected chi connectivity index (χ1v) is 6.24. The average molecular weight is 338 g/mol. The lowest BCUT2D eigenvalue weighted by Crippen LogP contribution is -2.52. The van der Waals surface area contributed by atoms with E-state index in [1.807, 2.05) is 0 Å². The highest BCUT2D eigenvalue weighted by molar-refractivity contribution is 5.85. The highest BCUT2D eigenvalue weighted by Crippen LogP contribution is 2.18. The Labute approximate surface area is 128 Å². The number of amides is 1. The van der Waals surface area contributed by atoms with Gasteiger partial charge in [-0.05, 0) is 13.0 Å². The first-order chi connectivity index (χ1) is 8.46. The van der Waals surface area contributed by atoms with Crippen LogP contribution >= 0.6 is 24.8 Å². The van der Waals surface area contributed by atoms with Crippen LogP contribution in [0.5, 0.6) is 0 Å². The van der Waals surface area contributed by atoms with Crippen LogP contribution in [-0.4, -0.2) is 67.7 Å². The number of hydrogen-bond donors (Lipinski definition) is 1. The molecule has 0 aromatic carbocycles. The van der Waals surface area contributed by atoms with E-state index in [-0.39, 0.29) is 36.6 Å². The van der Waals surface area contributed by atoms with Crippen LogP contribution in [0.25, 0.3) is 0 Å². The van der Waals surface area contributed by atoms with E-state index in [1.54, 1.807) is 4.90 Å². The molecule has 1 N–H and O–H groups in total. The zero-order valence-corrected chi connectivity index (χ0v) is 12.6. The molecular formula is C11H20Cl2F3N3O. The van der Waals surface area contributed by atoms with E-state index in [1.165, 1.54) is 4.90 Å². The summed E-state index contributed by atoms with van der Waals surface area (Å²) in [6.07, 6.45) is -3.32. The van der Waals surface area contributed by atoms with E-state index in [4.69, 9.17) is 0 Å². The van der Waals surface area contributed by atoms with Crippen LogP contribution in [0.2, 0.25) is 0 Å². The number of carbonyl (C=O) groups excluding carboxylic acids is 1. The molecule has 20 heavy (non-hydrogen) atoms. The third kappa shape index (κ3) is 5.63. The largest absolute Gasteiger partial charge is 0.401 e. The Morgan fingerprint density at radius 3 is 2.20 bits per heavy atom. The number of alkyl halides is 3. The molecule has 0 radical (unpaired) electrons. The van der Waals surface area contributed by atoms with Gasteiger partial charge in [-0.2, -0.15) is 13.2 Å². The molecule has 2 heterocycles. The lowest BCUT2D eigenvalue weighted by molar-refractivity contribution is -0.152. The lowest BCUT2D eigenvalue weighted by Gasteiger charge is -2.36. The molecule has 120 valence electrons. The number of nitrogens with one attached hydrogen (secondary N) is 1. The Bertz CT molecular complexity index is 304. The molecule has 9 heteroatoms. The summed E-state index contributed by atoms with van der Waals surface area (Å²) in [5.41, 5.74) is 0. The van der Waals surface area contributed by atoms with Crippen molar-refractivity contribution in [3.63, 3.8) is 0 Å². The molecule has 0 aromatic rings. The van der Waals surface area contributed by atoms with Gasteiger partial charge in [-0.25, -0.2) is 0 Å². The molecule has 0 aliphatic carbocycles. The van der Waals surface area contributed by atoms with Crippen LogP contribution in [0.1, 0.15) is 6.42 Å². The van der Waals surface area contributed by atoms with Gasteiger partial charge in [-0.15, -0.1) is 24.8 Å². The lowest BCUT2D eigenvalue weighted by atomic mass is 10.1. The van der Waals surface area contributed by atoms with E-state index in [0.29, 0.717) is 32.7 Å². The van der Waals surface area contributed by atoms with Gasteiger partial charge in [0.2, 0.25) is 5.91 Å². The van der Waals surface area contributed by atoms with Gasteiger partial charge in [0.25, 0.3) is 0 Å². The second-order valence-corrected chi connectivity index (χ2v) is 4.91. The maximum atomic E-state index is 12.2. The van der Waals surface area contributed by atoms with E-state index in [0.717, 1.165) is 13.0 Å². The summed E-state index contributed by atoms with van der Waals surface area (Å²) in [6.45, 7) is 2.11. The molecule has 2 saturated heterocycles. The normalized spacial score (nSPS) is 23.9. The molecule has 0 spiro atoms. The summed E-state index contributed by atoms with van der Waals surface area (Å²) in [5.74, 6) is 0.103. The van der Waals surface area contributed by atoms with Gasteiger partial charge in [0.05, 0.1) is 12.5 Å². The molecule has 1 atom stereocenters. The maximum Gasteiger partial charge on any atom is 0.401 e. The minimum atomic E-state index is -4.15. The zero-order valence-electron chi connectivity index (χ0n) is 11.0. The fourth-order valence-corrected chi connectivity index (χ4v) is 2.50. The van der Waals surface area contributed by atoms with Gasteiger partial charge in [-0.3, -0.25) is 9.69 Å². The number of carbonyl (C=O) groups is 1. The molecule has 2 rings (SSSR count). The number of halogens is 5. The van der Waals surface area contributed by atoms with Crippen LogP contribution in [0.4, 0.5) is 13.2 Å². The maximum absolute atomic E-state index is 12.2. The molecule has 2 fully saturated rings. The molecule has 2 aliphatic heterocycles. The van der Waals surface area contributed by atoms with E-state index in [9.17, 15) is 18.0 Å². The third-order valence-corrected chi connectivity index (χ3v) is 3.50. The van der Waals surface area contributed by atoms with Gasteiger partial charge in [0.15, 0.2) is 0 Å². The van der Waals surface area contributed by atoms with Crippen molar-refractivity contribution >= 4 is 30.7 Å². The van der Waals surface area contributed by atoms with Crippen LogP contribution in [0.3, 0.4) is 0 Å². The summed E-state index contributed by atoms with van der Waals surface area (Å²) in [6, 6.07) is 0. The van der Waals surface area contributed by atoms with E-state index < -0.39 is 12.7 Å². The molecule has 1 unspecified atom stereocenters. The Morgan fingerprint density at radius 1 is 1.15 bits per heavy atom. The monoisotopic (exact) mass is 337 g/mol. The Kier molecular flexibility index (Phi) is 8.16. The number of rotatable bonds is 2. The molecule has 4 nitrogen and oxygen atoms in total. The zero-order chi connectivity index (χ0) is 13.2. The van der Waals surface area contributed by atoms with Crippen molar-refractivity contribution in [1.29, 1.82) is 0 Å². The minimum absolute atomic E-state index is 0. The number of nitrogens with zero attached hydrogens (tertiary/aromatic N) is 2. The second-order valence-electron chi connectivity index (χ2n) is 4.91. The van der Waals surface area contributed by atoms with Crippen molar-refractivity contribution in [2.24, 2.45) is 5.92 Å². The van der Waals surface area contributed by atoms with Gasteiger partial charge in [-0.1, -0.05) is 0 Å².